The van der Waals surface area contributed by atoms with Gasteiger partial charge in [-0.25, -0.2) is 0 Å². The molecule has 0 spiro atoms. The number of amides is 1. The Labute approximate surface area is 398 Å². The zero-order chi connectivity index (χ0) is 47.1. The van der Waals surface area contributed by atoms with Crippen LogP contribution in [0.3, 0.4) is 0 Å². The Balaban J connectivity index is 4.24. The maximum atomic E-state index is 12.9. The molecule has 0 heterocycles. The number of carbonyl (C=O) groups is 1. The smallest absolute Gasteiger partial charge is 0.268 e. The molecule has 64 heavy (non-hydrogen) atoms. The molecular formula is C55H109N2O6P. The summed E-state index contributed by atoms with van der Waals surface area (Å²) in [5, 5.41) is 13.9. The second-order valence-electron chi connectivity index (χ2n) is 20.3. The number of phosphoric acid groups is 1. The second kappa shape index (κ2) is 47.1. The van der Waals surface area contributed by atoms with E-state index in [2.05, 4.69) is 31.3 Å². The third-order valence-electron chi connectivity index (χ3n) is 12.7. The zero-order valence-electron chi connectivity index (χ0n) is 43.3. The molecule has 0 aliphatic rings. The van der Waals surface area contributed by atoms with Crippen molar-refractivity contribution in [3.8, 4) is 0 Å². The van der Waals surface area contributed by atoms with E-state index in [9.17, 15) is 19.4 Å². The predicted molar refractivity (Wildman–Crippen MR) is 275 cm³/mol. The first-order valence-electron chi connectivity index (χ1n) is 27.7. The average Bonchev–Trinajstić information content (AvgIpc) is 3.25. The van der Waals surface area contributed by atoms with Gasteiger partial charge in [-0.1, -0.05) is 244 Å². The van der Waals surface area contributed by atoms with Crippen LogP contribution in [0.25, 0.3) is 0 Å². The topological polar surface area (TPSA) is 108 Å². The van der Waals surface area contributed by atoms with E-state index in [0.29, 0.717) is 17.4 Å². The van der Waals surface area contributed by atoms with Crippen molar-refractivity contribution < 1.29 is 32.9 Å². The minimum Gasteiger partial charge on any atom is -0.756 e. The third-order valence-corrected chi connectivity index (χ3v) is 13.6. The van der Waals surface area contributed by atoms with Crippen molar-refractivity contribution >= 4 is 13.7 Å². The fraction of sp³-hybridized carbons (Fsp3) is 0.909. The third kappa shape index (κ3) is 48.9. The van der Waals surface area contributed by atoms with Gasteiger partial charge in [-0.3, -0.25) is 9.36 Å². The van der Waals surface area contributed by atoms with Gasteiger partial charge in [-0.05, 0) is 44.9 Å². The fourth-order valence-electron chi connectivity index (χ4n) is 8.27. The summed E-state index contributed by atoms with van der Waals surface area (Å²) in [4.78, 5) is 25.5. The molecule has 0 saturated heterocycles. The molecule has 3 atom stereocenters. The lowest BCUT2D eigenvalue weighted by atomic mass is 10.0. The van der Waals surface area contributed by atoms with E-state index >= 15 is 0 Å². The lowest BCUT2D eigenvalue weighted by Gasteiger charge is -2.29. The van der Waals surface area contributed by atoms with Gasteiger partial charge in [-0.15, -0.1) is 0 Å². The normalized spacial score (nSPS) is 14.2. The molecule has 0 aliphatic carbocycles. The predicted octanol–water partition coefficient (Wildman–Crippen LogP) is 15.8. The van der Waals surface area contributed by atoms with Gasteiger partial charge < -0.3 is 28.8 Å². The molecule has 8 nitrogen and oxygen atoms in total. The number of hydrogen-bond donors (Lipinski definition) is 2. The summed E-state index contributed by atoms with van der Waals surface area (Å²) in [6.45, 7) is 4.68. The van der Waals surface area contributed by atoms with Crippen LogP contribution in [0.5, 0.6) is 0 Å². The summed E-state index contributed by atoms with van der Waals surface area (Å²) in [5.41, 5.74) is 0. The Morgan fingerprint density at radius 1 is 0.531 bits per heavy atom. The molecular weight excluding hydrogens is 816 g/mol. The van der Waals surface area contributed by atoms with Gasteiger partial charge in [0.05, 0.1) is 39.9 Å². The molecule has 3 unspecified atom stereocenters. The van der Waals surface area contributed by atoms with Crippen molar-refractivity contribution in [2.75, 3.05) is 40.9 Å². The van der Waals surface area contributed by atoms with Crippen LogP contribution in [-0.2, 0) is 18.4 Å². The maximum Gasteiger partial charge on any atom is 0.268 e. The van der Waals surface area contributed by atoms with E-state index in [-0.39, 0.29) is 19.1 Å². The average molecular weight is 925 g/mol. The number of rotatable bonds is 51. The number of nitrogens with one attached hydrogen (secondary N) is 1. The molecule has 0 aromatic carbocycles. The van der Waals surface area contributed by atoms with E-state index in [1.807, 2.05) is 27.2 Å². The summed E-state index contributed by atoms with van der Waals surface area (Å²) in [7, 11) is 1.27. The molecule has 1 amide bonds. The van der Waals surface area contributed by atoms with E-state index in [4.69, 9.17) is 9.05 Å². The van der Waals surface area contributed by atoms with Crippen LogP contribution in [0.2, 0.25) is 0 Å². The minimum atomic E-state index is -4.59. The van der Waals surface area contributed by atoms with Gasteiger partial charge in [0.1, 0.15) is 13.2 Å². The van der Waals surface area contributed by atoms with E-state index in [0.717, 1.165) is 38.5 Å². The van der Waals surface area contributed by atoms with Crippen LogP contribution >= 0.6 is 7.82 Å². The molecule has 2 N–H and O–H groups in total. The van der Waals surface area contributed by atoms with Crippen LogP contribution in [-0.4, -0.2) is 68.5 Å². The molecule has 0 bridgehead atoms. The molecule has 0 fully saturated rings. The first-order valence-corrected chi connectivity index (χ1v) is 29.2. The lowest BCUT2D eigenvalue weighted by molar-refractivity contribution is -0.870. The largest absolute Gasteiger partial charge is 0.756 e. The number of likely N-dealkylation sites (N-methyl/N-ethyl adjacent to an activating group) is 1. The van der Waals surface area contributed by atoms with E-state index < -0.39 is 20.0 Å². The standard InChI is InChI=1S/C55H109N2O6P/c1-6-8-10-12-14-16-18-20-22-24-26-27-28-29-31-32-34-36-38-40-42-44-46-48-54(58)53(52-63-64(60,61)62-51-50-57(3,4)5)56-55(59)49-47-45-43-41-39-37-35-33-30-25-23-21-19-17-15-13-11-9-7-2/h25,30,46,48,53-54,58H,6-24,26-29,31-45,47,49-52H2,1-5H3,(H-,56,59,60,61)/b30-25-,48-46+. The van der Waals surface area contributed by atoms with E-state index in [1.165, 1.54) is 212 Å². The number of quaternary nitrogens is 1. The number of hydrogen-bond acceptors (Lipinski definition) is 6. The summed E-state index contributed by atoms with van der Waals surface area (Å²) < 4.78 is 23.3. The van der Waals surface area contributed by atoms with Crippen molar-refractivity contribution in [1.29, 1.82) is 0 Å². The van der Waals surface area contributed by atoms with Gasteiger partial charge in [0.15, 0.2) is 0 Å². The molecule has 0 rings (SSSR count). The maximum absolute atomic E-state index is 12.9. The number of carbonyl (C=O) groups excluding carboxylic acids is 1. The first-order chi connectivity index (χ1) is 31.0. The number of aliphatic hydroxyl groups is 1. The lowest BCUT2D eigenvalue weighted by Crippen LogP contribution is -2.45. The van der Waals surface area contributed by atoms with Crippen LogP contribution in [0.4, 0.5) is 0 Å². The number of allylic oxidation sites excluding steroid dienone is 3. The number of nitrogens with zero attached hydrogens (tertiary/aromatic N) is 1. The van der Waals surface area contributed by atoms with Crippen molar-refractivity contribution in [2.24, 2.45) is 0 Å². The highest BCUT2D eigenvalue weighted by molar-refractivity contribution is 7.45. The van der Waals surface area contributed by atoms with Crippen LogP contribution in [0.1, 0.15) is 271 Å². The SMILES string of the molecule is CCCCCCCCCC/C=C\CCCCCCCCCC(=O)NC(COP(=O)([O-])OCC[N+](C)(C)C)C(O)/C=C/CCCCCCCCCCCCCCCCCCCCCCC. The van der Waals surface area contributed by atoms with Gasteiger partial charge in [-0.2, -0.15) is 0 Å². The highest BCUT2D eigenvalue weighted by atomic mass is 31.2. The van der Waals surface area contributed by atoms with Gasteiger partial charge in [0, 0.05) is 6.42 Å². The van der Waals surface area contributed by atoms with Crippen molar-refractivity contribution in [1.82, 2.24) is 5.32 Å². The number of phosphoric ester groups is 1. The molecule has 0 saturated carbocycles. The monoisotopic (exact) mass is 925 g/mol. The van der Waals surface area contributed by atoms with E-state index in [1.54, 1.807) is 6.08 Å². The van der Waals surface area contributed by atoms with Gasteiger partial charge in [0.25, 0.3) is 7.82 Å². The first kappa shape index (κ1) is 63.0. The highest BCUT2D eigenvalue weighted by Gasteiger charge is 2.23. The number of aliphatic hydroxyl groups excluding tert-OH is 1. The van der Waals surface area contributed by atoms with Crippen LogP contribution in [0.15, 0.2) is 24.3 Å². The van der Waals surface area contributed by atoms with Crippen molar-refractivity contribution in [3.63, 3.8) is 0 Å². The molecule has 380 valence electrons. The molecule has 0 aliphatic heterocycles. The van der Waals surface area contributed by atoms with Crippen molar-refractivity contribution in [3.05, 3.63) is 24.3 Å². The number of unbranched alkanes of at least 4 members (excludes halogenated alkanes) is 36. The highest BCUT2D eigenvalue weighted by Crippen LogP contribution is 2.38. The quantitative estimate of drug-likeness (QED) is 0.0272. The zero-order valence-corrected chi connectivity index (χ0v) is 44.1. The van der Waals surface area contributed by atoms with Crippen molar-refractivity contribution in [2.45, 2.75) is 283 Å². The Bertz CT molecular complexity index is 1090. The minimum absolute atomic E-state index is 0.000281. The molecule has 9 heteroatoms. The molecule has 0 radical (unpaired) electrons. The summed E-state index contributed by atoms with van der Waals surface area (Å²) in [5.74, 6) is -0.198. The Kier molecular flexibility index (Phi) is 46.3. The molecule has 0 aromatic heterocycles. The molecule has 0 aromatic rings. The van der Waals surface area contributed by atoms with Gasteiger partial charge in [0.2, 0.25) is 5.91 Å². The Hall–Kier alpha value is -1.02. The summed E-state index contributed by atoms with van der Waals surface area (Å²) >= 11 is 0. The summed E-state index contributed by atoms with van der Waals surface area (Å²) in [6, 6.07) is -0.887. The fourth-order valence-corrected chi connectivity index (χ4v) is 8.99. The summed E-state index contributed by atoms with van der Waals surface area (Å²) in [6.07, 6.45) is 58.1. The van der Waals surface area contributed by atoms with Crippen LogP contribution in [0, 0.1) is 0 Å². The van der Waals surface area contributed by atoms with Crippen LogP contribution < -0.4 is 10.2 Å². The Morgan fingerprint density at radius 3 is 1.22 bits per heavy atom. The Morgan fingerprint density at radius 2 is 0.859 bits per heavy atom. The van der Waals surface area contributed by atoms with Gasteiger partial charge >= 0.3 is 0 Å². The second-order valence-corrected chi connectivity index (χ2v) is 21.7.